The smallest absolute Gasteiger partial charge is 0.255 e. The van der Waals surface area contributed by atoms with E-state index in [1.807, 2.05) is 30.3 Å². The van der Waals surface area contributed by atoms with E-state index in [9.17, 15) is 13.2 Å². The van der Waals surface area contributed by atoms with Crippen LogP contribution in [-0.2, 0) is 21.2 Å². The second kappa shape index (κ2) is 11.5. The average Bonchev–Trinajstić information content (AvgIpc) is 3.34. The molecule has 1 N–H and O–H groups in total. The number of carbonyl (C=O) groups excluding carboxylic acids is 1. The van der Waals surface area contributed by atoms with Crippen molar-refractivity contribution < 1.29 is 27.4 Å². The van der Waals surface area contributed by atoms with Crippen molar-refractivity contribution in [1.29, 1.82) is 0 Å². The standard InChI is InChI=1S/C25H24BrN3O6S/c1-33-20-7-9-21(10-8-20)36(31,32)29(12-11-18-5-3-2-4-6-18)16-25(30)28-27-15-19-13-23-24(14-22(19)26)35-17-34-23/h2-10,13-15H,11-12,16-17H2,1H3,(H,28,30)/b27-15+. The number of hydrogen-bond donors (Lipinski definition) is 1. The van der Waals surface area contributed by atoms with Crippen LogP contribution in [-0.4, -0.2) is 51.8 Å². The van der Waals surface area contributed by atoms with Gasteiger partial charge in [-0.1, -0.05) is 30.3 Å². The predicted molar refractivity (Wildman–Crippen MR) is 138 cm³/mol. The fourth-order valence-corrected chi connectivity index (χ4v) is 5.30. The average molecular weight is 574 g/mol. The van der Waals surface area contributed by atoms with E-state index in [2.05, 4.69) is 26.5 Å². The Hall–Kier alpha value is -3.41. The van der Waals surface area contributed by atoms with Gasteiger partial charge in [0.2, 0.25) is 16.8 Å². The number of nitrogens with zero attached hydrogens (tertiary/aromatic N) is 2. The molecular weight excluding hydrogens is 550 g/mol. The molecule has 0 fully saturated rings. The molecule has 3 aromatic rings. The molecule has 9 nitrogen and oxygen atoms in total. The molecule has 188 valence electrons. The summed E-state index contributed by atoms with van der Waals surface area (Å²) in [6, 6.07) is 19.0. The maximum absolute atomic E-state index is 13.4. The highest BCUT2D eigenvalue weighted by molar-refractivity contribution is 9.10. The Morgan fingerprint density at radius 3 is 2.50 bits per heavy atom. The van der Waals surface area contributed by atoms with Gasteiger partial charge in [-0.05, 0) is 64.3 Å². The Morgan fingerprint density at radius 2 is 1.81 bits per heavy atom. The summed E-state index contributed by atoms with van der Waals surface area (Å²) in [6.07, 6.45) is 1.88. The molecule has 0 saturated heterocycles. The van der Waals surface area contributed by atoms with Crippen LogP contribution < -0.4 is 19.6 Å². The summed E-state index contributed by atoms with van der Waals surface area (Å²) in [6.45, 7) is -0.148. The first kappa shape index (κ1) is 25.7. The zero-order chi connectivity index (χ0) is 25.5. The molecule has 0 radical (unpaired) electrons. The Labute approximate surface area is 217 Å². The second-order valence-electron chi connectivity index (χ2n) is 7.77. The van der Waals surface area contributed by atoms with Crippen molar-refractivity contribution >= 4 is 38.1 Å². The molecule has 0 atom stereocenters. The molecule has 0 unspecified atom stereocenters. The Morgan fingerprint density at radius 1 is 1.11 bits per heavy atom. The predicted octanol–water partition coefficient (Wildman–Crippen LogP) is 3.57. The Kier molecular flexibility index (Phi) is 8.24. The zero-order valence-electron chi connectivity index (χ0n) is 19.4. The highest BCUT2D eigenvalue weighted by atomic mass is 79.9. The van der Waals surface area contributed by atoms with Crippen LogP contribution in [0.5, 0.6) is 17.2 Å². The number of amides is 1. The van der Waals surface area contributed by atoms with E-state index in [0.717, 1.165) is 9.87 Å². The fraction of sp³-hybridized carbons (Fsp3) is 0.200. The maximum atomic E-state index is 13.4. The third-order valence-corrected chi connectivity index (χ3v) is 7.94. The highest BCUT2D eigenvalue weighted by Crippen LogP contribution is 2.36. The van der Waals surface area contributed by atoms with Gasteiger partial charge in [0.1, 0.15) is 5.75 Å². The highest BCUT2D eigenvalue weighted by Gasteiger charge is 2.26. The Balaban J connectivity index is 1.47. The van der Waals surface area contributed by atoms with Crippen LogP contribution in [0.1, 0.15) is 11.1 Å². The molecule has 0 aliphatic carbocycles. The van der Waals surface area contributed by atoms with Crippen molar-refractivity contribution in [2.75, 3.05) is 27.0 Å². The molecule has 4 rings (SSSR count). The number of hydrazone groups is 1. The maximum Gasteiger partial charge on any atom is 0.255 e. The van der Waals surface area contributed by atoms with Gasteiger partial charge in [0.15, 0.2) is 11.5 Å². The molecule has 0 bridgehead atoms. The number of benzene rings is 3. The molecule has 11 heteroatoms. The molecule has 3 aromatic carbocycles. The number of rotatable bonds is 10. The topological polar surface area (TPSA) is 107 Å². The minimum Gasteiger partial charge on any atom is -0.497 e. The van der Waals surface area contributed by atoms with Crippen LogP contribution in [0.15, 0.2) is 81.2 Å². The molecule has 0 saturated carbocycles. The van der Waals surface area contributed by atoms with Crippen molar-refractivity contribution in [2.24, 2.45) is 5.10 Å². The van der Waals surface area contributed by atoms with E-state index >= 15 is 0 Å². The quantitative estimate of drug-likeness (QED) is 0.293. The summed E-state index contributed by atoms with van der Waals surface area (Å²) < 4.78 is 44.4. The van der Waals surface area contributed by atoms with E-state index in [1.54, 1.807) is 24.3 Å². The first-order valence-corrected chi connectivity index (χ1v) is 13.2. The Bertz CT molecular complexity index is 1350. The SMILES string of the molecule is COc1ccc(S(=O)(=O)N(CCc2ccccc2)CC(=O)N/N=C/c2cc3c(cc2Br)OCO3)cc1. The van der Waals surface area contributed by atoms with Crippen LogP contribution in [0.2, 0.25) is 0 Å². The number of halogens is 1. The third kappa shape index (κ3) is 6.23. The van der Waals surface area contributed by atoms with Crippen LogP contribution in [0, 0.1) is 0 Å². The van der Waals surface area contributed by atoms with Gasteiger partial charge in [-0.25, -0.2) is 13.8 Å². The van der Waals surface area contributed by atoms with Gasteiger partial charge >= 0.3 is 0 Å². The first-order valence-electron chi connectivity index (χ1n) is 11.0. The van der Waals surface area contributed by atoms with Crippen LogP contribution in [0.3, 0.4) is 0 Å². The van der Waals surface area contributed by atoms with Crippen molar-refractivity contribution in [3.05, 3.63) is 82.3 Å². The van der Waals surface area contributed by atoms with E-state index in [1.165, 1.54) is 25.5 Å². The second-order valence-corrected chi connectivity index (χ2v) is 10.6. The van der Waals surface area contributed by atoms with Crippen LogP contribution >= 0.6 is 15.9 Å². The van der Waals surface area contributed by atoms with E-state index < -0.39 is 22.5 Å². The number of hydrogen-bond acceptors (Lipinski definition) is 7. The summed E-state index contributed by atoms with van der Waals surface area (Å²) >= 11 is 3.43. The lowest BCUT2D eigenvalue weighted by Crippen LogP contribution is -2.40. The fourth-order valence-electron chi connectivity index (χ4n) is 3.48. The number of fused-ring (bicyclic) bond motifs is 1. The summed E-state index contributed by atoms with van der Waals surface area (Å²) in [7, 11) is -2.45. The number of ether oxygens (including phenoxy) is 3. The third-order valence-electron chi connectivity index (χ3n) is 5.39. The number of carbonyl (C=O) groups is 1. The zero-order valence-corrected chi connectivity index (χ0v) is 21.8. The summed E-state index contributed by atoms with van der Waals surface area (Å²) in [4.78, 5) is 12.8. The van der Waals surface area contributed by atoms with Gasteiger partial charge in [-0.3, -0.25) is 4.79 Å². The number of nitrogens with one attached hydrogen (secondary N) is 1. The van der Waals surface area contributed by atoms with E-state index in [-0.39, 0.29) is 18.2 Å². The van der Waals surface area contributed by atoms with E-state index in [0.29, 0.717) is 33.7 Å². The van der Waals surface area contributed by atoms with Gasteiger partial charge < -0.3 is 14.2 Å². The van der Waals surface area contributed by atoms with Gasteiger partial charge in [-0.15, -0.1) is 0 Å². The largest absolute Gasteiger partial charge is 0.497 e. The number of methoxy groups -OCH3 is 1. The van der Waals surface area contributed by atoms with Crippen molar-refractivity contribution in [2.45, 2.75) is 11.3 Å². The molecule has 1 amide bonds. The lowest BCUT2D eigenvalue weighted by atomic mass is 10.1. The molecule has 1 heterocycles. The van der Waals surface area contributed by atoms with Gasteiger partial charge in [0.25, 0.3) is 5.91 Å². The molecular formula is C25H24BrN3O6S. The normalized spacial score (nSPS) is 12.8. The molecule has 0 aromatic heterocycles. The van der Waals surface area contributed by atoms with Gasteiger partial charge in [-0.2, -0.15) is 9.41 Å². The van der Waals surface area contributed by atoms with Crippen LogP contribution in [0.25, 0.3) is 0 Å². The van der Waals surface area contributed by atoms with Crippen LogP contribution in [0.4, 0.5) is 0 Å². The first-order chi connectivity index (χ1) is 17.4. The summed E-state index contributed by atoms with van der Waals surface area (Å²) in [5.74, 6) is 1.14. The summed E-state index contributed by atoms with van der Waals surface area (Å²) in [5, 5.41) is 3.99. The van der Waals surface area contributed by atoms with Gasteiger partial charge in [0.05, 0.1) is 24.8 Å². The summed E-state index contributed by atoms with van der Waals surface area (Å²) in [5.41, 5.74) is 4.02. The lowest BCUT2D eigenvalue weighted by Gasteiger charge is -2.21. The number of sulfonamides is 1. The van der Waals surface area contributed by atoms with E-state index in [4.69, 9.17) is 14.2 Å². The lowest BCUT2D eigenvalue weighted by molar-refractivity contribution is -0.121. The minimum absolute atomic E-state index is 0.0666. The minimum atomic E-state index is -3.95. The van der Waals surface area contributed by atoms with Crippen molar-refractivity contribution in [1.82, 2.24) is 9.73 Å². The molecule has 1 aliphatic heterocycles. The molecule has 0 spiro atoms. The monoisotopic (exact) mass is 573 g/mol. The van der Waals surface area contributed by atoms with Gasteiger partial charge in [0, 0.05) is 16.6 Å². The molecule has 36 heavy (non-hydrogen) atoms. The molecule has 1 aliphatic rings. The van der Waals surface area contributed by atoms with Crippen molar-refractivity contribution in [3.63, 3.8) is 0 Å². The van der Waals surface area contributed by atoms with Crippen molar-refractivity contribution in [3.8, 4) is 17.2 Å².